The van der Waals surface area contributed by atoms with Gasteiger partial charge in [0.2, 0.25) is 10.0 Å². The van der Waals surface area contributed by atoms with E-state index in [0.717, 1.165) is 6.42 Å². The first kappa shape index (κ1) is 13.6. The zero-order valence-corrected chi connectivity index (χ0v) is 12.5. The van der Waals surface area contributed by atoms with Crippen molar-refractivity contribution in [3.63, 3.8) is 0 Å². The van der Waals surface area contributed by atoms with Crippen molar-refractivity contribution < 1.29 is 8.42 Å². The van der Waals surface area contributed by atoms with Crippen LogP contribution in [0.3, 0.4) is 0 Å². The standard InChI is InChI=1S/C16H19NO2S/c1-2-10-17-12-16-14(9-11-20(17,18)19)8-7-13-5-3-4-6-15(13)16/h3-8H,2,9-12H2,1H3. The van der Waals surface area contributed by atoms with Crippen molar-refractivity contribution in [3.8, 4) is 0 Å². The largest absolute Gasteiger partial charge is 0.214 e. The molecule has 0 unspecified atom stereocenters. The molecule has 3 nitrogen and oxygen atoms in total. The van der Waals surface area contributed by atoms with Crippen LogP contribution in [-0.4, -0.2) is 25.0 Å². The molecule has 0 amide bonds. The van der Waals surface area contributed by atoms with Gasteiger partial charge in [-0.05, 0) is 34.7 Å². The highest BCUT2D eigenvalue weighted by Gasteiger charge is 2.27. The van der Waals surface area contributed by atoms with Crippen molar-refractivity contribution in [1.82, 2.24) is 4.31 Å². The Morgan fingerprint density at radius 3 is 2.75 bits per heavy atom. The van der Waals surface area contributed by atoms with E-state index in [9.17, 15) is 8.42 Å². The molecule has 4 heteroatoms. The summed E-state index contributed by atoms with van der Waals surface area (Å²) in [5.74, 6) is 0.221. The van der Waals surface area contributed by atoms with E-state index >= 15 is 0 Å². The van der Waals surface area contributed by atoms with Crippen LogP contribution in [0.15, 0.2) is 36.4 Å². The molecule has 0 spiro atoms. The van der Waals surface area contributed by atoms with Gasteiger partial charge in [0.05, 0.1) is 5.75 Å². The van der Waals surface area contributed by atoms with Crippen LogP contribution >= 0.6 is 0 Å². The number of fused-ring (bicyclic) bond motifs is 3. The molecule has 0 atom stereocenters. The van der Waals surface area contributed by atoms with Crippen LogP contribution in [0.1, 0.15) is 24.5 Å². The Labute approximate surface area is 120 Å². The van der Waals surface area contributed by atoms with E-state index in [0.29, 0.717) is 19.5 Å². The molecule has 0 fully saturated rings. The highest BCUT2D eigenvalue weighted by molar-refractivity contribution is 7.89. The van der Waals surface area contributed by atoms with Crippen LogP contribution in [0.5, 0.6) is 0 Å². The van der Waals surface area contributed by atoms with Gasteiger partial charge in [0, 0.05) is 13.1 Å². The molecule has 0 radical (unpaired) electrons. The molecular formula is C16H19NO2S. The molecule has 1 aliphatic rings. The zero-order valence-electron chi connectivity index (χ0n) is 11.7. The van der Waals surface area contributed by atoms with E-state index in [1.807, 2.05) is 19.1 Å². The molecule has 0 N–H and O–H groups in total. The molecule has 1 heterocycles. The SMILES string of the molecule is CCCN1Cc2c(ccc3ccccc23)CCS1(=O)=O. The third-order valence-electron chi connectivity index (χ3n) is 3.97. The average Bonchev–Trinajstić information content (AvgIpc) is 2.57. The Bertz CT molecular complexity index is 737. The normalized spacial score (nSPS) is 18.6. The van der Waals surface area contributed by atoms with Crippen LogP contribution in [0.2, 0.25) is 0 Å². The number of hydrogen-bond donors (Lipinski definition) is 0. The smallest absolute Gasteiger partial charge is 0.212 e. The summed E-state index contributed by atoms with van der Waals surface area (Å²) in [6.45, 7) is 3.13. The highest BCUT2D eigenvalue weighted by Crippen LogP contribution is 2.28. The van der Waals surface area contributed by atoms with Crippen molar-refractivity contribution in [2.45, 2.75) is 26.3 Å². The highest BCUT2D eigenvalue weighted by atomic mass is 32.2. The maximum Gasteiger partial charge on any atom is 0.214 e. The molecule has 3 rings (SSSR count). The fourth-order valence-electron chi connectivity index (χ4n) is 2.91. The summed E-state index contributed by atoms with van der Waals surface area (Å²) in [7, 11) is -3.13. The number of hydrogen-bond acceptors (Lipinski definition) is 2. The first-order valence-electron chi connectivity index (χ1n) is 7.09. The van der Waals surface area contributed by atoms with E-state index in [4.69, 9.17) is 0 Å². The number of aryl methyl sites for hydroxylation is 1. The van der Waals surface area contributed by atoms with Gasteiger partial charge in [0.15, 0.2) is 0 Å². The summed E-state index contributed by atoms with van der Waals surface area (Å²) in [5, 5.41) is 2.37. The van der Waals surface area contributed by atoms with E-state index in [-0.39, 0.29) is 5.75 Å². The minimum Gasteiger partial charge on any atom is -0.212 e. The molecule has 1 aliphatic heterocycles. The van der Waals surface area contributed by atoms with E-state index < -0.39 is 10.0 Å². The lowest BCUT2D eigenvalue weighted by atomic mass is 9.97. The second kappa shape index (κ2) is 5.19. The minimum absolute atomic E-state index is 0.221. The fraction of sp³-hybridized carbons (Fsp3) is 0.375. The predicted octanol–water partition coefficient (Wildman–Crippen LogP) is 2.94. The average molecular weight is 289 g/mol. The van der Waals surface area contributed by atoms with Gasteiger partial charge < -0.3 is 0 Å². The van der Waals surface area contributed by atoms with Gasteiger partial charge in [0.25, 0.3) is 0 Å². The number of nitrogens with zero attached hydrogens (tertiary/aromatic N) is 1. The lowest BCUT2D eigenvalue weighted by Gasteiger charge is -2.20. The van der Waals surface area contributed by atoms with Gasteiger partial charge in [0.1, 0.15) is 0 Å². The van der Waals surface area contributed by atoms with Gasteiger partial charge in [-0.2, -0.15) is 4.31 Å². The first-order chi connectivity index (χ1) is 9.62. The maximum absolute atomic E-state index is 12.3. The van der Waals surface area contributed by atoms with Crippen molar-refractivity contribution in [3.05, 3.63) is 47.5 Å². The van der Waals surface area contributed by atoms with Gasteiger partial charge >= 0.3 is 0 Å². The van der Waals surface area contributed by atoms with E-state index in [2.05, 4.69) is 24.3 Å². The van der Waals surface area contributed by atoms with Crippen molar-refractivity contribution in [1.29, 1.82) is 0 Å². The van der Waals surface area contributed by atoms with Gasteiger partial charge in [-0.1, -0.05) is 43.3 Å². The molecule has 0 aliphatic carbocycles. The lowest BCUT2D eigenvalue weighted by molar-refractivity contribution is 0.410. The second-order valence-electron chi connectivity index (χ2n) is 5.32. The molecule has 2 aromatic carbocycles. The topological polar surface area (TPSA) is 37.4 Å². The van der Waals surface area contributed by atoms with Crippen molar-refractivity contribution in [2.24, 2.45) is 0 Å². The third kappa shape index (κ3) is 2.34. The molecular weight excluding hydrogens is 270 g/mol. The molecule has 0 saturated heterocycles. The van der Waals surface area contributed by atoms with Crippen molar-refractivity contribution in [2.75, 3.05) is 12.3 Å². The minimum atomic E-state index is -3.13. The Kier molecular flexibility index (Phi) is 3.52. The number of rotatable bonds is 2. The van der Waals surface area contributed by atoms with Crippen LogP contribution in [0, 0.1) is 0 Å². The summed E-state index contributed by atoms with van der Waals surface area (Å²) in [5.41, 5.74) is 2.35. The lowest BCUT2D eigenvalue weighted by Crippen LogP contribution is -2.32. The molecule has 2 aromatic rings. The second-order valence-corrected chi connectivity index (χ2v) is 7.41. The Morgan fingerprint density at radius 1 is 1.15 bits per heavy atom. The monoisotopic (exact) mass is 289 g/mol. The van der Waals surface area contributed by atoms with Gasteiger partial charge in [-0.15, -0.1) is 0 Å². The molecule has 106 valence electrons. The quantitative estimate of drug-likeness (QED) is 0.852. The Balaban J connectivity index is 2.15. The van der Waals surface area contributed by atoms with Crippen LogP contribution in [-0.2, 0) is 23.0 Å². The zero-order chi connectivity index (χ0) is 14.2. The third-order valence-corrected chi connectivity index (χ3v) is 5.79. The Morgan fingerprint density at radius 2 is 1.95 bits per heavy atom. The summed E-state index contributed by atoms with van der Waals surface area (Å²) < 4.78 is 26.3. The molecule has 0 bridgehead atoms. The maximum atomic E-state index is 12.3. The summed E-state index contributed by atoms with van der Waals surface area (Å²) >= 11 is 0. The van der Waals surface area contributed by atoms with Crippen molar-refractivity contribution >= 4 is 20.8 Å². The van der Waals surface area contributed by atoms with E-state index in [1.165, 1.54) is 21.9 Å². The van der Waals surface area contributed by atoms with Gasteiger partial charge in [-0.3, -0.25) is 0 Å². The molecule has 20 heavy (non-hydrogen) atoms. The Hall–Kier alpha value is -1.39. The summed E-state index contributed by atoms with van der Waals surface area (Å²) in [6, 6.07) is 12.4. The molecule has 0 saturated carbocycles. The van der Waals surface area contributed by atoms with Crippen LogP contribution < -0.4 is 0 Å². The first-order valence-corrected chi connectivity index (χ1v) is 8.70. The molecule has 0 aromatic heterocycles. The van der Waals surface area contributed by atoms with Crippen LogP contribution in [0.4, 0.5) is 0 Å². The number of benzene rings is 2. The summed E-state index contributed by atoms with van der Waals surface area (Å²) in [6.07, 6.45) is 1.46. The fourth-order valence-corrected chi connectivity index (χ4v) is 4.43. The van der Waals surface area contributed by atoms with Crippen LogP contribution in [0.25, 0.3) is 10.8 Å². The van der Waals surface area contributed by atoms with Gasteiger partial charge in [-0.25, -0.2) is 8.42 Å². The number of sulfonamides is 1. The predicted molar refractivity (Wildman–Crippen MR) is 82.1 cm³/mol. The summed E-state index contributed by atoms with van der Waals surface area (Å²) in [4.78, 5) is 0. The van der Waals surface area contributed by atoms with E-state index in [1.54, 1.807) is 4.31 Å².